The number of carbonyl (C=O) groups excluding carboxylic acids is 2. The number of hydrogen-bond acceptors (Lipinski definition) is 4. The van der Waals surface area contributed by atoms with Crippen LogP contribution < -0.4 is 20.0 Å². The Morgan fingerprint density at radius 3 is 2.50 bits per heavy atom. The number of amidine groups is 1. The Kier molecular flexibility index (Phi) is 5.38. The molecular weight excluding hydrogens is 426 g/mol. The van der Waals surface area contributed by atoms with E-state index in [1.807, 2.05) is 43.3 Å². The van der Waals surface area contributed by atoms with E-state index in [1.165, 1.54) is 12.8 Å². The number of fused-ring (bicyclic) bond motifs is 3. The molecular formula is C27H33N5O2. The largest absolute Gasteiger partial charge is 0.371 e. The van der Waals surface area contributed by atoms with Gasteiger partial charge >= 0.3 is 6.03 Å². The molecule has 0 radical (unpaired) electrons. The molecule has 2 aromatic carbocycles. The molecule has 0 spiro atoms. The van der Waals surface area contributed by atoms with Crippen LogP contribution >= 0.6 is 0 Å². The fourth-order valence-corrected chi connectivity index (χ4v) is 5.39. The van der Waals surface area contributed by atoms with Crippen LogP contribution in [0.3, 0.4) is 0 Å². The summed E-state index contributed by atoms with van der Waals surface area (Å²) in [5, 5.41) is 2.79. The fraction of sp³-hybridized carbons (Fsp3) is 0.444. The number of anilines is 3. The van der Waals surface area contributed by atoms with Crippen LogP contribution in [0, 0.1) is 12.3 Å². The van der Waals surface area contributed by atoms with Gasteiger partial charge in [0.15, 0.2) is 5.84 Å². The van der Waals surface area contributed by atoms with E-state index in [-0.39, 0.29) is 11.9 Å². The van der Waals surface area contributed by atoms with Crippen LogP contribution in [-0.2, 0) is 4.79 Å². The van der Waals surface area contributed by atoms with Crippen molar-refractivity contribution in [3.8, 4) is 0 Å². The van der Waals surface area contributed by atoms with Gasteiger partial charge in [-0.25, -0.2) is 14.7 Å². The highest BCUT2D eigenvalue weighted by Crippen LogP contribution is 2.41. The van der Waals surface area contributed by atoms with Crippen LogP contribution in [0.25, 0.3) is 0 Å². The summed E-state index contributed by atoms with van der Waals surface area (Å²) in [7, 11) is 3.89. The molecule has 1 fully saturated rings. The Labute approximate surface area is 201 Å². The van der Waals surface area contributed by atoms with Crippen molar-refractivity contribution in [1.29, 1.82) is 0 Å². The highest BCUT2D eigenvalue weighted by Gasteiger charge is 2.41. The molecule has 2 aromatic rings. The van der Waals surface area contributed by atoms with Crippen LogP contribution in [0.2, 0.25) is 0 Å². The zero-order valence-corrected chi connectivity index (χ0v) is 20.6. The van der Waals surface area contributed by atoms with Gasteiger partial charge in [0.05, 0.1) is 16.9 Å². The standard InChI is InChI=1S/C27H33N5O2/c1-17-8-6-9-19(16-17)32-24-22-20(30(4)18-12-14-27(2,3)15-13-18)10-7-11-21(22)31(5)25(33)23(28-24)29-26(32)34/h6-11,16,18,23H,12-15H2,1-5H3,(H,29,34)/t23-/m0/s1. The molecule has 178 valence electrons. The lowest BCUT2D eigenvalue weighted by molar-refractivity contribution is -0.119. The van der Waals surface area contributed by atoms with Crippen molar-refractivity contribution in [2.45, 2.75) is 58.7 Å². The third-order valence-corrected chi connectivity index (χ3v) is 7.59. The molecule has 2 heterocycles. The number of aryl methyl sites for hydroxylation is 1. The topological polar surface area (TPSA) is 68.2 Å². The number of carbonyl (C=O) groups is 2. The highest BCUT2D eigenvalue weighted by molar-refractivity contribution is 6.30. The number of amides is 3. The van der Waals surface area contributed by atoms with Crippen LogP contribution in [0.5, 0.6) is 0 Å². The predicted octanol–water partition coefficient (Wildman–Crippen LogP) is 4.68. The van der Waals surface area contributed by atoms with E-state index < -0.39 is 6.17 Å². The van der Waals surface area contributed by atoms with Crippen molar-refractivity contribution in [2.75, 3.05) is 28.8 Å². The second-order valence-electron chi connectivity index (χ2n) is 10.6. The van der Waals surface area contributed by atoms with Gasteiger partial charge < -0.3 is 15.1 Å². The molecule has 0 unspecified atom stereocenters. The van der Waals surface area contributed by atoms with E-state index >= 15 is 0 Å². The summed E-state index contributed by atoms with van der Waals surface area (Å²) in [6, 6.07) is 13.9. The minimum absolute atomic E-state index is 0.243. The Hall–Kier alpha value is -3.35. The third kappa shape index (κ3) is 3.73. The van der Waals surface area contributed by atoms with E-state index in [0.717, 1.165) is 41.0 Å². The predicted molar refractivity (Wildman–Crippen MR) is 137 cm³/mol. The molecule has 2 bridgehead atoms. The summed E-state index contributed by atoms with van der Waals surface area (Å²) in [6.45, 7) is 6.68. The summed E-state index contributed by atoms with van der Waals surface area (Å²) in [5.41, 5.74) is 4.73. The summed E-state index contributed by atoms with van der Waals surface area (Å²) < 4.78 is 0. The first-order chi connectivity index (χ1) is 16.2. The van der Waals surface area contributed by atoms with Gasteiger partial charge in [0.2, 0.25) is 6.17 Å². The quantitative estimate of drug-likeness (QED) is 0.725. The Bertz CT molecular complexity index is 1180. The van der Waals surface area contributed by atoms with Crippen LogP contribution in [0.1, 0.15) is 50.7 Å². The van der Waals surface area contributed by atoms with Crippen molar-refractivity contribution >= 4 is 34.8 Å². The lowest BCUT2D eigenvalue weighted by Crippen LogP contribution is -2.56. The lowest BCUT2D eigenvalue weighted by Gasteiger charge is -2.41. The molecule has 7 heteroatoms. The first-order valence-electron chi connectivity index (χ1n) is 12.1. The van der Waals surface area contributed by atoms with Crippen LogP contribution in [0.4, 0.5) is 21.9 Å². The molecule has 0 aromatic heterocycles. The van der Waals surface area contributed by atoms with Crippen LogP contribution in [-0.4, -0.2) is 44.1 Å². The van der Waals surface area contributed by atoms with Gasteiger partial charge in [0.25, 0.3) is 5.91 Å². The summed E-state index contributed by atoms with van der Waals surface area (Å²) >= 11 is 0. The average Bonchev–Trinajstić information content (AvgIpc) is 2.88. The SMILES string of the molecule is Cc1cccc(N2C(=O)N[C@@H]3N=C2c2c(cccc2N(C)C2CCC(C)(C)CC2)N(C)C3=O)c1. The van der Waals surface area contributed by atoms with E-state index in [1.54, 1.807) is 16.8 Å². The van der Waals surface area contributed by atoms with Gasteiger partial charge in [-0.1, -0.05) is 32.0 Å². The van der Waals surface area contributed by atoms with Gasteiger partial charge in [0.1, 0.15) is 0 Å². The second kappa shape index (κ2) is 8.15. The van der Waals surface area contributed by atoms with E-state index in [2.05, 4.69) is 37.2 Å². The molecule has 2 aliphatic heterocycles. The molecule has 1 N–H and O–H groups in total. The number of nitrogens with one attached hydrogen (secondary N) is 1. The second-order valence-corrected chi connectivity index (χ2v) is 10.6. The van der Waals surface area contributed by atoms with Crippen molar-refractivity contribution in [3.63, 3.8) is 0 Å². The zero-order chi connectivity index (χ0) is 24.2. The van der Waals surface area contributed by atoms with Crippen molar-refractivity contribution < 1.29 is 9.59 Å². The number of likely N-dealkylation sites (N-methyl/N-ethyl adjacent to an activating group) is 1. The van der Waals surface area contributed by atoms with Gasteiger partial charge in [-0.2, -0.15) is 0 Å². The number of hydrogen-bond donors (Lipinski definition) is 1. The van der Waals surface area contributed by atoms with Gasteiger partial charge in [-0.3, -0.25) is 4.79 Å². The zero-order valence-electron chi connectivity index (χ0n) is 20.6. The molecule has 0 saturated heterocycles. The van der Waals surface area contributed by atoms with Crippen LogP contribution in [0.15, 0.2) is 47.5 Å². The number of benzene rings is 2. The minimum Gasteiger partial charge on any atom is -0.371 e. The summed E-state index contributed by atoms with van der Waals surface area (Å²) in [6.07, 6.45) is 3.64. The maximum Gasteiger partial charge on any atom is 0.329 e. The smallest absolute Gasteiger partial charge is 0.329 e. The maximum atomic E-state index is 13.3. The molecule has 1 atom stereocenters. The monoisotopic (exact) mass is 459 g/mol. The highest BCUT2D eigenvalue weighted by atomic mass is 16.2. The number of urea groups is 1. The summed E-state index contributed by atoms with van der Waals surface area (Å²) in [5.74, 6) is 0.276. The molecule has 7 nitrogen and oxygen atoms in total. The normalized spacial score (nSPS) is 22.0. The number of rotatable bonds is 3. The van der Waals surface area contributed by atoms with E-state index in [9.17, 15) is 9.59 Å². The van der Waals surface area contributed by atoms with Crippen molar-refractivity contribution in [2.24, 2.45) is 10.4 Å². The van der Waals surface area contributed by atoms with Crippen molar-refractivity contribution in [1.82, 2.24) is 5.32 Å². The van der Waals surface area contributed by atoms with Gasteiger partial charge in [0, 0.05) is 25.8 Å². The number of nitrogens with zero attached hydrogens (tertiary/aromatic N) is 4. The van der Waals surface area contributed by atoms with E-state index in [0.29, 0.717) is 17.3 Å². The maximum absolute atomic E-state index is 13.3. The molecule has 3 amide bonds. The first kappa shape index (κ1) is 22.4. The third-order valence-electron chi connectivity index (χ3n) is 7.59. The minimum atomic E-state index is -0.936. The molecule has 3 aliphatic rings. The molecule has 1 saturated carbocycles. The Morgan fingerprint density at radius 2 is 1.79 bits per heavy atom. The Balaban J connectivity index is 1.65. The first-order valence-corrected chi connectivity index (χ1v) is 12.1. The van der Waals surface area contributed by atoms with Gasteiger partial charge in [-0.15, -0.1) is 0 Å². The molecule has 1 aliphatic carbocycles. The van der Waals surface area contributed by atoms with Gasteiger partial charge in [-0.05, 0) is 67.9 Å². The Morgan fingerprint density at radius 1 is 1.09 bits per heavy atom. The average molecular weight is 460 g/mol. The number of aliphatic imine (C=N–C) groups is 1. The van der Waals surface area contributed by atoms with Crippen molar-refractivity contribution in [3.05, 3.63) is 53.6 Å². The fourth-order valence-electron chi connectivity index (χ4n) is 5.39. The van der Waals surface area contributed by atoms with E-state index in [4.69, 9.17) is 4.99 Å². The lowest BCUT2D eigenvalue weighted by atomic mass is 9.75. The summed E-state index contributed by atoms with van der Waals surface area (Å²) in [4.78, 5) is 36.9. The molecule has 5 rings (SSSR count). The molecule has 34 heavy (non-hydrogen) atoms.